The highest BCUT2D eigenvalue weighted by Crippen LogP contribution is 2.28. The third-order valence-corrected chi connectivity index (χ3v) is 5.14. The van der Waals surface area contributed by atoms with Crippen molar-refractivity contribution in [3.05, 3.63) is 82.3 Å². The Balaban J connectivity index is 0.00000106. The molecule has 2 heterocycles. The summed E-state index contributed by atoms with van der Waals surface area (Å²) in [5.74, 6) is 0.684. The van der Waals surface area contributed by atoms with Gasteiger partial charge in [0, 0.05) is 28.4 Å². The lowest BCUT2D eigenvalue weighted by Crippen LogP contribution is -2.18. The normalized spacial score (nSPS) is 10.4. The Hall–Kier alpha value is -2.92. The summed E-state index contributed by atoms with van der Waals surface area (Å²) in [5, 5.41) is 2.16. The second kappa shape index (κ2) is 13.3. The molecule has 5 heteroatoms. The lowest BCUT2D eigenvalue weighted by Gasteiger charge is -2.08. The van der Waals surface area contributed by atoms with Crippen LogP contribution in [-0.2, 0) is 13.0 Å². The molecule has 3 aromatic rings. The van der Waals surface area contributed by atoms with E-state index in [9.17, 15) is 0 Å². The number of aromatic amines is 1. The van der Waals surface area contributed by atoms with Crippen LogP contribution in [0.15, 0.2) is 65.1 Å². The lowest BCUT2D eigenvalue weighted by atomic mass is 10.1. The summed E-state index contributed by atoms with van der Waals surface area (Å²) in [6, 6.07) is 10.4. The number of H-pyrrole nitrogens is 1. The number of benzene rings is 1. The molecule has 2 aromatic heterocycles. The summed E-state index contributed by atoms with van der Waals surface area (Å²) in [4.78, 5) is 12.8. The van der Waals surface area contributed by atoms with Crippen LogP contribution in [0.1, 0.15) is 57.0 Å². The molecular formula is C25H34N4S. The van der Waals surface area contributed by atoms with Crippen LogP contribution in [0.5, 0.6) is 0 Å². The fraction of sp³-hybridized carbons (Fsp3) is 0.280. The van der Waals surface area contributed by atoms with E-state index in [1.54, 1.807) is 17.4 Å². The maximum absolute atomic E-state index is 4.81. The number of aliphatic imine (C=N–C) groups is 1. The van der Waals surface area contributed by atoms with Crippen LogP contribution in [-0.4, -0.2) is 16.3 Å². The fourth-order valence-electron chi connectivity index (χ4n) is 2.84. The minimum atomic E-state index is 0.678. The van der Waals surface area contributed by atoms with Crippen LogP contribution >= 0.6 is 11.3 Å². The van der Waals surface area contributed by atoms with E-state index in [4.69, 9.17) is 4.99 Å². The van der Waals surface area contributed by atoms with E-state index in [0.717, 1.165) is 28.9 Å². The lowest BCUT2D eigenvalue weighted by molar-refractivity contribution is 0.721. The molecule has 0 aliphatic carbocycles. The molecule has 1 N–H and O–H groups in total. The molecule has 0 amide bonds. The third kappa shape index (κ3) is 6.04. The van der Waals surface area contributed by atoms with Crippen LogP contribution in [0.25, 0.3) is 11.8 Å². The van der Waals surface area contributed by atoms with E-state index < -0.39 is 0 Å². The summed E-state index contributed by atoms with van der Waals surface area (Å²) >= 11 is 1.63. The molecule has 0 spiro atoms. The van der Waals surface area contributed by atoms with Crippen molar-refractivity contribution >= 4 is 35.6 Å². The van der Waals surface area contributed by atoms with Crippen molar-refractivity contribution in [2.24, 2.45) is 9.98 Å². The Morgan fingerprint density at radius 2 is 1.83 bits per heavy atom. The zero-order valence-electron chi connectivity index (χ0n) is 18.9. The highest BCUT2D eigenvalue weighted by molar-refractivity contribution is 7.07. The number of aryl methyl sites for hydroxylation is 1. The highest BCUT2D eigenvalue weighted by Gasteiger charge is 2.11. The zero-order valence-corrected chi connectivity index (χ0v) is 19.7. The quantitative estimate of drug-likeness (QED) is 0.395. The van der Waals surface area contributed by atoms with E-state index in [2.05, 4.69) is 71.0 Å². The molecule has 0 unspecified atom stereocenters. The van der Waals surface area contributed by atoms with Crippen molar-refractivity contribution in [1.82, 2.24) is 9.55 Å². The van der Waals surface area contributed by atoms with Crippen molar-refractivity contribution in [2.45, 2.75) is 47.6 Å². The van der Waals surface area contributed by atoms with E-state index >= 15 is 0 Å². The average Bonchev–Trinajstić information content (AvgIpc) is 3.40. The smallest absolute Gasteiger partial charge is 0.190 e. The Kier molecular flexibility index (Phi) is 11.2. The van der Waals surface area contributed by atoms with E-state index in [1.807, 2.05) is 40.0 Å². The second-order valence-electron chi connectivity index (χ2n) is 5.82. The first-order valence-electron chi connectivity index (χ1n) is 10.4. The molecule has 0 atom stereocenters. The van der Waals surface area contributed by atoms with E-state index in [-0.39, 0.29) is 0 Å². The fourth-order valence-corrected chi connectivity index (χ4v) is 3.85. The summed E-state index contributed by atoms with van der Waals surface area (Å²) in [5.41, 5.74) is 4.95. The van der Waals surface area contributed by atoms with Crippen LogP contribution in [0.4, 0.5) is 5.82 Å². The second-order valence-corrected chi connectivity index (χ2v) is 6.66. The van der Waals surface area contributed by atoms with Gasteiger partial charge in [-0.3, -0.25) is 0 Å². The number of thiazole rings is 1. The molecule has 3 rings (SSSR count). The van der Waals surface area contributed by atoms with Crippen LogP contribution in [0.3, 0.4) is 0 Å². The van der Waals surface area contributed by atoms with Gasteiger partial charge in [0.1, 0.15) is 5.82 Å². The predicted octanol–water partition coefficient (Wildman–Crippen LogP) is 7.09. The summed E-state index contributed by atoms with van der Waals surface area (Å²) in [7, 11) is 0. The predicted molar refractivity (Wildman–Crippen MR) is 135 cm³/mol. The molecule has 0 saturated heterocycles. The molecule has 160 valence electrons. The molecule has 30 heavy (non-hydrogen) atoms. The van der Waals surface area contributed by atoms with Crippen LogP contribution < -0.4 is 4.80 Å². The maximum atomic E-state index is 4.81. The molecule has 0 radical (unpaired) electrons. The van der Waals surface area contributed by atoms with Crippen molar-refractivity contribution in [1.29, 1.82) is 0 Å². The molecule has 0 aliphatic rings. The minimum Gasteiger partial charge on any atom is -0.345 e. The van der Waals surface area contributed by atoms with Gasteiger partial charge in [0.25, 0.3) is 0 Å². The molecule has 0 fully saturated rings. The number of hydrogen-bond donors (Lipinski definition) is 1. The Bertz CT molecular complexity index is 1000. The third-order valence-electron chi connectivity index (χ3n) is 4.23. The van der Waals surface area contributed by atoms with Gasteiger partial charge in [-0.2, -0.15) is 0 Å². The number of nitrogens with zero attached hydrogens (tertiary/aromatic N) is 3. The van der Waals surface area contributed by atoms with Crippen LogP contribution in [0.2, 0.25) is 0 Å². The first-order valence-corrected chi connectivity index (χ1v) is 11.3. The molecule has 1 aromatic carbocycles. The van der Waals surface area contributed by atoms with Gasteiger partial charge < -0.3 is 9.55 Å². The van der Waals surface area contributed by atoms with E-state index in [1.165, 1.54) is 11.3 Å². The first kappa shape index (κ1) is 25.1. The maximum Gasteiger partial charge on any atom is 0.190 e. The van der Waals surface area contributed by atoms with Gasteiger partial charge in [-0.15, -0.1) is 11.3 Å². The molecule has 0 bridgehead atoms. The largest absolute Gasteiger partial charge is 0.345 e. The molecule has 0 saturated carbocycles. The molecule has 4 nitrogen and oxygen atoms in total. The Morgan fingerprint density at radius 1 is 1.17 bits per heavy atom. The number of rotatable bonds is 7. The van der Waals surface area contributed by atoms with Gasteiger partial charge in [-0.1, -0.05) is 84.2 Å². The average molecular weight is 423 g/mol. The van der Waals surface area contributed by atoms with Gasteiger partial charge in [-0.25, -0.2) is 9.98 Å². The Labute approximate surface area is 185 Å². The number of nitrogens with one attached hydrogen (secondary N) is 1. The summed E-state index contributed by atoms with van der Waals surface area (Å²) in [6.07, 6.45) is 4.56. The topological polar surface area (TPSA) is 45.4 Å². The van der Waals surface area contributed by atoms with Gasteiger partial charge in [0.15, 0.2) is 4.80 Å². The minimum absolute atomic E-state index is 0.678. The SMILES string of the molecule is C=Cc1c(C(=C)N=c2scc(CC)n2Cc2ccccc2)c[nH]c1N=C.CC.CC. The van der Waals surface area contributed by atoms with Gasteiger partial charge in [-0.05, 0) is 18.7 Å². The van der Waals surface area contributed by atoms with Gasteiger partial charge >= 0.3 is 0 Å². The van der Waals surface area contributed by atoms with Crippen molar-refractivity contribution in [3.63, 3.8) is 0 Å². The standard InChI is InChI=1S/C21H22N4S.2C2H6/c1-5-17-14-26-21(25(17)13-16-10-8-7-9-11-16)24-15(3)19-12-23-20(22-4)18(19)6-2;2*1-2/h6-12,14,23H,2-5,13H2,1H3;2*1-2H3. The van der Waals surface area contributed by atoms with Crippen molar-refractivity contribution in [2.75, 3.05) is 0 Å². The first-order chi connectivity index (χ1) is 14.7. The van der Waals surface area contributed by atoms with Crippen molar-refractivity contribution in [3.8, 4) is 0 Å². The van der Waals surface area contributed by atoms with E-state index in [0.29, 0.717) is 11.5 Å². The van der Waals surface area contributed by atoms with Gasteiger partial charge in [0.05, 0.1) is 12.2 Å². The van der Waals surface area contributed by atoms with Crippen molar-refractivity contribution < 1.29 is 0 Å². The number of aromatic nitrogens is 2. The summed E-state index contributed by atoms with van der Waals surface area (Å²) in [6.45, 7) is 22.5. The molecular weight excluding hydrogens is 388 g/mol. The summed E-state index contributed by atoms with van der Waals surface area (Å²) < 4.78 is 2.25. The van der Waals surface area contributed by atoms with Gasteiger partial charge in [0.2, 0.25) is 0 Å². The molecule has 0 aliphatic heterocycles. The number of hydrogen-bond acceptors (Lipinski definition) is 3. The van der Waals surface area contributed by atoms with Crippen LogP contribution in [0, 0.1) is 0 Å². The Morgan fingerprint density at radius 3 is 2.40 bits per heavy atom. The monoisotopic (exact) mass is 422 g/mol. The zero-order chi connectivity index (χ0) is 22.5. The highest BCUT2D eigenvalue weighted by atomic mass is 32.1.